The van der Waals surface area contributed by atoms with Crippen molar-refractivity contribution in [2.45, 2.75) is 12.8 Å². The van der Waals surface area contributed by atoms with Crippen LogP contribution in [0.1, 0.15) is 18.4 Å². The maximum Gasteiger partial charge on any atom is 0.0626 e. The Hall–Kier alpha value is -4.62. The molecule has 1 aliphatic rings. The van der Waals surface area contributed by atoms with E-state index in [4.69, 9.17) is 0 Å². The predicted molar refractivity (Wildman–Crippen MR) is 160 cm³/mol. The average Bonchev–Trinajstić information content (AvgIpc) is 3.34. The lowest BCUT2D eigenvalue weighted by atomic mass is 9.95. The molecule has 6 aromatic carbocycles. The van der Waals surface area contributed by atoms with Crippen molar-refractivity contribution in [1.29, 1.82) is 0 Å². The summed E-state index contributed by atoms with van der Waals surface area (Å²) in [4.78, 5) is 0. The van der Waals surface area contributed by atoms with Gasteiger partial charge in [0.2, 0.25) is 0 Å². The quantitative estimate of drug-likeness (QED) is 0.221. The Bertz CT molecular complexity index is 2070. The van der Waals surface area contributed by atoms with E-state index >= 15 is 0 Å². The van der Waals surface area contributed by atoms with Gasteiger partial charge in [0.15, 0.2) is 0 Å². The molecule has 0 saturated carbocycles. The highest BCUT2D eigenvalue weighted by atomic mass is 15.0. The molecule has 0 saturated heterocycles. The van der Waals surface area contributed by atoms with E-state index in [1.54, 1.807) is 0 Å². The topological polar surface area (TPSA) is 4.93 Å². The number of nitrogens with zero attached hydrogens (tertiary/aromatic N) is 1. The first-order valence-corrected chi connectivity index (χ1v) is 13.1. The van der Waals surface area contributed by atoms with E-state index in [0.717, 1.165) is 12.8 Å². The van der Waals surface area contributed by atoms with Gasteiger partial charge in [0.1, 0.15) is 0 Å². The standard InChI is InChI=1S/C36H25N/c1-2-10-24(11-3-1)25-18-21-27(22-19-25)37-33-23-20-26-12-4-5-13-28(26)34(33)35-31-16-8-6-14-29(31)30-15-7-9-17-32(30)36(35)37/h1-2,4-10,12-23H,3,11H2. The summed E-state index contributed by atoms with van der Waals surface area (Å²) in [5.41, 5.74) is 6.47. The van der Waals surface area contributed by atoms with Gasteiger partial charge in [0.25, 0.3) is 0 Å². The van der Waals surface area contributed by atoms with Crippen LogP contribution in [0, 0.1) is 0 Å². The van der Waals surface area contributed by atoms with Crippen LogP contribution in [0.5, 0.6) is 0 Å². The lowest BCUT2D eigenvalue weighted by Gasteiger charge is -2.14. The monoisotopic (exact) mass is 471 g/mol. The van der Waals surface area contributed by atoms with Crippen molar-refractivity contribution in [3.8, 4) is 5.69 Å². The van der Waals surface area contributed by atoms with Crippen molar-refractivity contribution in [3.05, 3.63) is 133 Å². The second kappa shape index (κ2) is 7.94. The molecular weight excluding hydrogens is 446 g/mol. The first-order chi connectivity index (χ1) is 18.4. The summed E-state index contributed by atoms with van der Waals surface area (Å²) in [6.45, 7) is 0. The molecule has 1 nitrogen and oxygen atoms in total. The first kappa shape index (κ1) is 20.6. The van der Waals surface area contributed by atoms with Crippen LogP contribution in [0.4, 0.5) is 0 Å². The Morgan fingerprint density at radius 1 is 0.541 bits per heavy atom. The van der Waals surface area contributed by atoms with Crippen LogP contribution >= 0.6 is 0 Å². The highest BCUT2D eigenvalue weighted by molar-refractivity contribution is 6.35. The zero-order valence-corrected chi connectivity index (χ0v) is 20.5. The highest BCUT2D eigenvalue weighted by Gasteiger charge is 2.20. The van der Waals surface area contributed by atoms with Crippen LogP contribution in [-0.2, 0) is 0 Å². The second-order valence-electron chi connectivity index (χ2n) is 10.0. The molecule has 0 N–H and O–H groups in total. The highest BCUT2D eigenvalue weighted by Crippen LogP contribution is 2.44. The van der Waals surface area contributed by atoms with E-state index < -0.39 is 0 Å². The van der Waals surface area contributed by atoms with E-state index in [2.05, 4.69) is 132 Å². The fourth-order valence-corrected chi connectivity index (χ4v) is 6.37. The summed E-state index contributed by atoms with van der Waals surface area (Å²) < 4.78 is 2.49. The maximum absolute atomic E-state index is 2.49. The van der Waals surface area contributed by atoms with Gasteiger partial charge < -0.3 is 4.57 Å². The lowest BCUT2D eigenvalue weighted by Crippen LogP contribution is -1.96. The van der Waals surface area contributed by atoms with E-state index in [-0.39, 0.29) is 0 Å². The molecule has 0 spiro atoms. The largest absolute Gasteiger partial charge is 0.309 e. The molecule has 0 fully saturated rings. The molecule has 8 rings (SSSR count). The minimum Gasteiger partial charge on any atom is -0.309 e. The number of hydrogen-bond acceptors (Lipinski definition) is 0. The van der Waals surface area contributed by atoms with Gasteiger partial charge in [-0.3, -0.25) is 0 Å². The summed E-state index contributed by atoms with van der Waals surface area (Å²) in [5.74, 6) is 0. The molecule has 0 atom stereocenters. The van der Waals surface area contributed by atoms with E-state index in [1.807, 2.05) is 0 Å². The van der Waals surface area contributed by atoms with Crippen LogP contribution in [-0.4, -0.2) is 4.57 Å². The average molecular weight is 472 g/mol. The molecule has 0 radical (unpaired) electrons. The molecule has 1 heteroatoms. The Morgan fingerprint density at radius 3 is 1.97 bits per heavy atom. The van der Waals surface area contributed by atoms with Gasteiger partial charge in [0, 0.05) is 21.8 Å². The molecule has 0 unspecified atom stereocenters. The van der Waals surface area contributed by atoms with Gasteiger partial charge >= 0.3 is 0 Å². The minimum atomic E-state index is 1.11. The lowest BCUT2D eigenvalue weighted by molar-refractivity contribution is 1.05. The molecule has 1 aromatic heterocycles. The zero-order chi connectivity index (χ0) is 24.3. The van der Waals surface area contributed by atoms with E-state index in [0.29, 0.717) is 0 Å². The normalized spacial score (nSPS) is 13.8. The molecule has 0 amide bonds. The zero-order valence-electron chi connectivity index (χ0n) is 20.5. The summed E-state index contributed by atoms with van der Waals surface area (Å²) in [6, 6.07) is 40.3. The van der Waals surface area contributed by atoms with Gasteiger partial charge in [-0.15, -0.1) is 0 Å². The summed E-state index contributed by atoms with van der Waals surface area (Å²) in [5, 5.41) is 10.5. The van der Waals surface area contributed by atoms with Crippen molar-refractivity contribution in [2.24, 2.45) is 0 Å². The third-order valence-electron chi connectivity index (χ3n) is 8.04. The van der Waals surface area contributed by atoms with Gasteiger partial charge in [-0.1, -0.05) is 109 Å². The SMILES string of the molecule is C1=CCCC(c2ccc(-n3c4ccc5ccccc5c4c4c5ccccc5c5ccccc5c43)cc2)=C1. The van der Waals surface area contributed by atoms with Gasteiger partial charge in [0.05, 0.1) is 11.0 Å². The van der Waals surface area contributed by atoms with Crippen molar-refractivity contribution in [3.63, 3.8) is 0 Å². The van der Waals surface area contributed by atoms with Crippen molar-refractivity contribution in [2.75, 3.05) is 0 Å². The second-order valence-corrected chi connectivity index (χ2v) is 10.0. The van der Waals surface area contributed by atoms with E-state index in [9.17, 15) is 0 Å². The molecular formula is C36H25N. The summed E-state index contributed by atoms with van der Waals surface area (Å²) >= 11 is 0. The van der Waals surface area contributed by atoms with Crippen molar-refractivity contribution >= 4 is 59.7 Å². The number of fused-ring (bicyclic) bond motifs is 10. The molecule has 1 heterocycles. The molecule has 0 bridgehead atoms. The van der Waals surface area contributed by atoms with Crippen LogP contribution in [0.3, 0.4) is 0 Å². The maximum atomic E-state index is 2.49. The van der Waals surface area contributed by atoms with Crippen LogP contribution in [0.25, 0.3) is 65.4 Å². The number of aromatic nitrogens is 1. The summed E-state index contributed by atoms with van der Waals surface area (Å²) in [6.07, 6.45) is 8.91. The van der Waals surface area contributed by atoms with E-state index in [1.165, 1.54) is 70.9 Å². The van der Waals surface area contributed by atoms with Gasteiger partial charge in [-0.2, -0.15) is 0 Å². The van der Waals surface area contributed by atoms with Crippen LogP contribution in [0.2, 0.25) is 0 Å². The Kier molecular flexibility index (Phi) is 4.41. The third kappa shape index (κ3) is 2.98. The van der Waals surface area contributed by atoms with Gasteiger partial charge in [-0.25, -0.2) is 0 Å². The Morgan fingerprint density at radius 2 is 1.22 bits per heavy atom. The van der Waals surface area contributed by atoms with Crippen LogP contribution < -0.4 is 0 Å². The van der Waals surface area contributed by atoms with Crippen molar-refractivity contribution in [1.82, 2.24) is 4.57 Å². The smallest absolute Gasteiger partial charge is 0.0626 e. The number of hydrogen-bond donors (Lipinski definition) is 0. The number of rotatable bonds is 2. The first-order valence-electron chi connectivity index (χ1n) is 13.1. The number of benzene rings is 6. The number of allylic oxidation sites excluding steroid dienone is 4. The minimum absolute atomic E-state index is 1.11. The van der Waals surface area contributed by atoms with Crippen molar-refractivity contribution < 1.29 is 0 Å². The van der Waals surface area contributed by atoms with Gasteiger partial charge in [-0.05, 0) is 69.1 Å². The molecule has 1 aliphatic carbocycles. The molecule has 174 valence electrons. The molecule has 7 aromatic rings. The Balaban J connectivity index is 1.56. The fraction of sp³-hybridized carbons (Fsp3) is 0.0556. The predicted octanol–water partition coefficient (Wildman–Crippen LogP) is 9.98. The molecule has 37 heavy (non-hydrogen) atoms. The molecule has 0 aliphatic heterocycles. The fourth-order valence-electron chi connectivity index (χ4n) is 6.37. The Labute approximate surface area is 215 Å². The van der Waals surface area contributed by atoms with Crippen LogP contribution in [0.15, 0.2) is 127 Å². The third-order valence-corrected chi connectivity index (χ3v) is 8.04. The summed E-state index contributed by atoms with van der Waals surface area (Å²) in [7, 11) is 0.